The Bertz CT molecular complexity index is 961. The van der Waals surface area contributed by atoms with Crippen LogP contribution in [0.4, 0.5) is 4.79 Å². The first-order chi connectivity index (χ1) is 16.6. The highest BCUT2D eigenvalue weighted by atomic mass is 16.4. The van der Waals surface area contributed by atoms with Crippen LogP contribution >= 0.6 is 0 Å². The number of hydrogen-bond acceptors (Lipinski definition) is 4. The summed E-state index contributed by atoms with van der Waals surface area (Å²) in [6.07, 6.45) is 0.447. The smallest absolute Gasteiger partial charge is 0.408 e. The summed E-state index contributed by atoms with van der Waals surface area (Å²) in [6, 6.07) is 17.6. The third kappa shape index (κ3) is 6.61. The number of nitrogens with zero attached hydrogens (tertiary/aromatic N) is 2. The summed E-state index contributed by atoms with van der Waals surface area (Å²) in [4.78, 5) is 29.1. The molecule has 7 heteroatoms. The van der Waals surface area contributed by atoms with Crippen molar-refractivity contribution >= 4 is 12.0 Å². The number of aliphatic hydroxyl groups is 1. The molecule has 3 rings (SSSR count). The lowest BCUT2D eigenvalue weighted by Crippen LogP contribution is -2.61. The second-order valence-corrected chi connectivity index (χ2v) is 10.3. The number of carbonyl (C=O) groups is 2. The Morgan fingerprint density at radius 2 is 1.63 bits per heavy atom. The molecule has 0 saturated carbocycles. The predicted molar refractivity (Wildman–Crippen MR) is 137 cm³/mol. The fourth-order valence-electron chi connectivity index (χ4n) is 4.92. The van der Waals surface area contributed by atoms with Gasteiger partial charge in [-0.15, -0.1) is 0 Å². The first-order valence-electron chi connectivity index (χ1n) is 12.5. The lowest BCUT2D eigenvalue weighted by atomic mass is 9.91. The monoisotopic (exact) mass is 481 g/mol. The van der Waals surface area contributed by atoms with Crippen molar-refractivity contribution in [2.75, 3.05) is 0 Å². The van der Waals surface area contributed by atoms with E-state index in [-0.39, 0.29) is 12.1 Å². The maximum absolute atomic E-state index is 13.7. The van der Waals surface area contributed by atoms with Gasteiger partial charge in [0.15, 0.2) is 0 Å². The van der Waals surface area contributed by atoms with Gasteiger partial charge < -0.3 is 15.1 Å². The van der Waals surface area contributed by atoms with Gasteiger partial charge in [-0.05, 0) is 44.7 Å². The molecule has 1 heterocycles. The van der Waals surface area contributed by atoms with Crippen LogP contribution < -0.4 is 5.32 Å². The first kappa shape index (κ1) is 26.7. The van der Waals surface area contributed by atoms with Crippen molar-refractivity contribution in [2.24, 2.45) is 0 Å². The quantitative estimate of drug-likeness (QED) is 0.472. The molecule has 1 aliphatic heterocycles. The van der Waals surface area contributed by atoms with Gasteiger partial charge in [0.05, 0.1) is 18.3 Å². The minimum absolute atomic E-state index is 0.195. The molecule has 0 aliphatic carbocycles. The number of rotatable bonds is 10. The van der Waals surface area contributed by atoms with Gasteiger partial charge in [0.1, 0.15) is 6.04 Å². The van der Waals surface area contributed by atoms with Gasteiger partial charge in [0.2, 0.25) is 5.91 Å². The molecule has 35 heavy (non-hydrogen) atoms. The van der Waals surface area contributed by atoms with E-state index in [4.69, 9.17) is 0 Å². The highest BCUT2D eigenvalue weighted by Gasteiger charge is 2.48. The molecule has 0 spiro atoms. The number of carboxylic acid groups (broad SMARTS) is 1. The van der Waals surface area contributed by atoms with E-state index in [0.29, 0.717) is 13.0 Å². The molecule has 0 radical (unpaired) electrons. The normalized spacial score (nSPS) is 20.0. The van der Waals surface area contributed by atoms with Gasteiger partial charge >= 0.3 is 6.09 Å². The van der Waals surface area contributed by atoms with Crippen molar-refractivity contribution < 1.29 is 19.8 Å². The highest BCUT2D eigenvalue weighted by molar-refractivity contribution is 5.85. The summed E-state index contributed by atoms with van der Waals surface area (Å²) in [5.41, 5.74) is 1.15. The van der Waals surface area contributed by atoms with Crippen molar-refractivity contribution in [1.82, 2.24) is 15.1 Å². The Balaban J connectivity index is 1.93. The van der Waals surface area contributed by atoms with Crippen LogP contribution in [-0.4, -0.2) is 61.9 Å². The highest BCUT2D eigenvalue weighted by Crippen LogP contribution is 2.28. The molecule has 1 aliphatic rings. The second kappa shape index (κ2) is 11.7. The second-order valence-electron chi connectivity index (χ2n) is 10.3. The maximum Gasteiger partial charge on any atom is 0.408 e. The van der Waals surface area contributed by atoms with Crippen molar-refractivity contribution in [3.8, 4) is 0 Å². The van der Waals surface area contributed by atoms with Crippen LogP contribution in [0.3, 0.4) is 0 Å². The number of unbranched alkanes of at least 4 members (excludes halogenated alkanes) is 1. The van der Waals surface area contributed by atoms with E-state index in [0.717, 1.165) is 30.4 Å². The SMILES string of the molecule is CCCCC1N[C@@H]([C@@H](O)[C@H](Cc2ccccc2)N(C(=O)O)C(C)(C)C)C(=O)N1Cc1ccccc1. The molecule has 1 saturated heterocycles. The van der Waals surface area contributed by atoms with Crippen LogP contribution in [0.15, 0.2) is 60.7 Å². The molecule has 4 atom stereocenters. The molecule has 2 aromatic rings. The van der Waals surface area contributed by atoms with Gasteiger partial charge in [-0.3, -0.25) is 15.0 Å². The number of hydrogen-bond donors (Lipinski definition) is 3. The first-order valence-corrected chi connectivity index (χ1v) is 12.5. The summed E-state index contributed by atoms with van der Waals surface area (Å²) in [5, 5.41) is 25.1. The van der Waals surface area contributed by atoms with Gasteiger partial charge in [0, 0.05) is 12.1 Å². The van der Waals surface area contributed by atoms with Crippen LogP contribution in [0.2, 0.25) is 0 Å². The van der Waals surface area contributed by atoms with Crippen molar-refractivity contribution in [1.29, 1.82) is 0 Å². The molecule has 3 N–H and O–H groups in total. The van der Waals surface area contributed by atoms with E-state index in [1.54, 1.807) is 4.90 Å². The molecule has 0 aromatic heterocycles. The van der Waals surface area contributed by atoms with Crippen LogP contribution in [0.1, 0.15) is 58.1 Å². The third-order valence-electron chi connectivity index (χ3n) is 6.61. The standard InChI is InChI=1S/C28H39N3O4/c1-5-6-17-23-29-24(26(33)30(23)19-21-15-11-8-12-16-21)25(32)22(18-20-13-9-7-10-14-20)31(27(34)35)28(2,3)4/h7-16,22-25,29,32H,5-6,17-19H2,1-4H3,(H,34,35)/t22-,23?,24-,25-/m0/s1. The summed E-state index contributed by atoms with van der Waals surface area (Å²) >= 11 is 0. The summed E-state index contributed by atoms with van der Waals surface area (Å²) < 4.78 is 0. The zero-order valence-corrected chi connectivity index (χ0v) is 21.2. The Morgan fingerprint density at radius 3 is 2.14 bits per heavy atom. The fourth-order valence-corrected chi connectivity index (χ4v) is 4.92. The average Bonchev–Trinajstić information content (AvgIpc) is 3.12. The number of nitrogens with one attached hydrogen (secondary N) is 1. The minimum atomic E-state index is -1.22. The maximum atomic E-state index is 13.7. The van der Waals surface area contributed by atoms with Gasteiger partial charge in [0.25, 0.3) is 0 Å². The Hall–Kier alpha value is -2.90. The third-order valence-corrected chi connectivity index (χ3v) is 6.61. The average molecular weight is 482 g/mol. The van der Waals surface area contributed by atoms with Crippen LogP contribution in [0.25, 0.3) is 0 Å². The summed E-state index contributed by atoms with van der Waals surface area (Å²) in [5.74, 6) is -0.195. The van der Waals surface area contributed by atoms with E-state index < -0.39 is 29.8 Å². The van der Waals surface area contributed by atoms with Crippen molar-refractivity contribution in [2.45, 2.75) is 89.8 Å². The van der Waals surface area contributed by atoms with E-state index in [1.165, 1.54) is 4.90 Å². The molecular weight excluding hydrogens is 442 g/mol. The van der Waals surface area contributed by atoms with Crippen LogP contribution in [0.5, 0.6) is 0 Å². The molecule has 2 amide bonds. The van der Waals surface area contributed by atoms with E-state index >= 15 is 0 Å². The molecule has 1 unspecified atom stereocenters. The minimum Gasteiger partial charge on any atom is -0.465 e. The summed E-state index contributed by atoms with van der Waals surface area (Å²) in [7, 11) is 0. The lowest BCUT2D eigenvalue weighted by Gasteiger charge is -2.42. The van der Waals surface area contributed by atoms with Crippen LogP contribution in [-0.2, 0) is 17.8 Å². The topological polar surface area (TPSA) is 93.1 Å². The van der Waals surface area contributed by atoms with Crippen molar-refractivity contribution in [3.05, 3.63) is 71.8 Å². The number of benzene rings is 2. The Morgan fingerprint density at radius 1 is 1.06 bits per heavy atom. The summed E-state index contributed by atoms with van der Waals surface area (Å²) in [6.45, 7) is 7.97. The number of amides is 2. The lowest BCUT2D eigenvalue weighted by molar-refractivity contribution is -0.133. The van der Waals surface area contributed by atoms with Gasteiger partial charge in [-0.2, -0.15) is 0 Å². The van der Waals surface area contributed by atoms with Crippen molar-refractivity contribution in [3.63, 3.8) is 0 Å². The van der Waals surface area contributed by atoms with E-state index in [1.807, 2.05) is 81.4 Å². The van der Waals surface area contributed by atoms with E-state index in [9.17, 15) is 19.8 Å². The van der Waals surface area contributed by atoms with Gasteiger partial charge in [-0.25, -0.2) is 4.79 Å². The largest absolute Gasteiger partial charge is 0.465 e. The molecule has 190 valence electrons. The van der Waals surface area contributed by atoms with E-state index in [2.05, 4.69) is 12.2 Å². The molecule has 1 fully saturated rings. The Kier molecular flexibility index (Phi) is 8.92. The zero-order valence-electron chi connectivity index (χ0n) is 21.2. The molecule has 0 bridgehead atoms. The number of aliphatic hydroxyl groups excluding tert-OH is 1. The number of carbonyl (C=O) groups excluding carboxylic acids is 1. The zero-order chi connectivity index (χ0) is 25.6. The van der Waals surface area contributed by atoms with Gasteiger partial charge in [-0.1, -0.05) is 80.4 Å². The molecule has 2 aromatic carbocycles. The molecule has 7 nitrogen and oxygen atoms in total. The predicted octanol–water partition coefficient (Wildman–Crippen LogP) is 4.25. The Labute approximate surface area is 208 Å². The van der Waals surface area contributed by atoms with Crippen LogP contribution in [0, 0.1) is 0 Å². The fraction of sp³-hybridized carbons (Fsp3) is 0.500. The molecular formula is C28H39N3O4.